The predicted molar refractivity (Wildman–Crippen MR) is 73.0 cm³/mol. The van der Waals surface area contributed by atoms with Gasteiger partial charge in [-0.2, -0.15) is 5.10 Å². The van der Waals surface area contributed by atoms with Gasteiger partial charge in [0.15, 0.2) is 0 Å². The summed E-state index contributed by atoms with van der Waals surface area (Å²) < 4.78 is 1.61. The van der Waals surface area contributed by atoms with Gasteiger partial charge in [0.25, 0.3) is 5.91 Å². The van der Waals surface area contributed by atoms with E-state index in [9.17, 15) is 9.59 Å². The first-order chi connectivity index (χ1) is 9.51. The lowest BCUT2D eigenvalue weighted by molar-refractivity contribution is -0.126. The van der Waals surface area contributed by atoms with Crippen LogP contribution in [0.15, 0.2) is 12.3 Å². The van der Waals surface area contributed by atoms with Crippen LogP contribution in [-0.4, -0.2) is 58.1 Å². The van der Waals surface area contributed by atoms with Crippen LogP contribution in [0.1, 0.15) is 29.8 Å². The van der Waals surface area contributed by atoms with Crippen molar-refractivity contribution in [2.75, 3.05) is 26.7 Å². The van der Waals surface area contributed by atoms with Crippen molar-refractivity contribution >= 4 is 11.8 Å². The Labute approximate surface area is 118 Å². The minimum Gasteiger partial charge on any atom is -0.345 e. The van der Waals surface area contributed by atoms with Crippen LogP contribution in [-0.2, 0) is 11.8 Å². The molecular formula is C14H20N4O2. The molecule has 0 unspecified atom stereocenters. The topological polar surface area (TPSA) is 58.4 Å². The van der Waals surface area contributed by atoms with Crippen LogP contribution in [0.4, 0.5) is 0 Å². The average Bonchev–Trinajstić information content (AvgIpc) is 2.95. The number of amides is 2. The second-order valence-corrected chi connectivity index (χ2v) is 6.06. The second-order valence-electron chi connectivity index (χ2n) is 6.06. The molecule has 3 rings (SSSR count). The molecule has 0 N–H and O–H groups in total. The fourth-order valence-electron chi connectivity index (χ4n) is 3.37. The molecule has 0 aliphatic carbocycles. The third-order valence-corrected chi connectivity index (χ3v) is 4.68. The SMILES string of the molecule is CN1CC2(CCN(C(=O)c3ccnn3C)CC2)CC1=O. The van der Waals surface area contributed by atoms with Gasteiger partial charge < -0.3 is 9.80 Å². The highest BCUT2D eigenvalue weighted by Crippen LogP contribution is 2.40. The maximum atomic E-state index is 12.4. The van der Waals surface area contributed by atoms with Gasteiger partial charge in [0.05, 0.1) is 0 Å². The number of carbonyl (C=O) groups is 2. The molecule has 1 aromatic rings. The summed E-state index contributed by atoms with van der Waals surface area (Å²) in [4.78, 5) is 27.8. The highest BCUT2D eigenvalue weighted by atomic mass is 16.2. The normalized spacial score (nSPS) is 21.8. The Hall–Kier alpha value is -1.85. The van der Waals surface area contributed by atoms with Gasteiger partial charge in [0.1, 0.15) is 5.69 Å². The average molecular weight is 276 g/mol. The molecule has 1 spiro atoms. The van der Waals surface area contributed by atoms with Crippen molar-refractivity contribution in [2.45, 2.75) is 19.3 Å². The van der Waals surface area contributed by atoms with E-state index in [4.69, 9.17) is 0 Å². The Bertz CT molecular complexity index is 543. The van der Waals surface area contributed by atoms with E-state index in [0.717, 1.165) is 32.5 Å². The van der Waals surface area contributed by atoms with Gasteiger partial charge in [-0.05, 0) is 18.9 Å². The number of aromatic nitrogens is 2. The molecule has 3 heterocycles. The maximum Gasteiger partial charge on any atom is 0.272 e. The molecule has 2 saturated heterocycles. The van der Waals surface area contributed by atoms with Crippen molar-refractivity contribution in [3.63, 3.8) is 0 Å². The van der Waals surface area contributed by atoms with Gasteiger partial charge in [-0.15, -0.1) is 0 Å². The van der Waals surface area contributed by atoms with Crippen molar-refractivity contribution in [2.24, 2.45) is 12.5 Å². The van der Waals surface area contributed by atoms with Crippen molar-refractivity contribution in [1.82, 2.24) is 19.6 Å². The van der Waals surface area contributed by atoms with Crippen LogP contribution in [0.25, 0.3) is 0 Å². The lowest BCUT2D eigenvalue weighted by Gasteiger charge is -2.38. The molecule has 0 aromatic carbocycles. The largest absolute Gasteiger partial charge is 0.345 e. The number of piperidine rings is 1. The predicted octanol–water partition coefficient (Wildman–Crippen LogP) is 0.505. The monoisotopic (exact) mass is 276 g/mol. The third kappa shape index (κ3) is 2.09. The van der Waals surface area contributed by atoms with Crippen LogP contribution in [0.5, 0.6) is 0 Å². The summed E-state index contributed by atoms with van der Waals surface area (Å²) in [6, 6.07) is 1.75. The first-order valence-corrected chi connectivity index (χ1v) is 7.02. The van der Waals surface area contributed by atoms with Crippen molar-refractivity contribution in [1.29, 1.82) is 0 Å². The zero-order chi connectivity index (χ0) is 14.3. The number of nitrogens with zero attached hydrogens (tertiary/aromatic N) is 4. The third-order valence-electron chi connectivity index (χ3n) is 4.68. The van der Waals surface area contributed by atoms with E-state index >= 15 is 0 Å². The van der Waals surface area contributed by atoms with Gasteiger partial charge in [-0.3, -0.25) is 14.3 Å². The number of rotatable bonds is 1. The molecule has 0 radical (unpaired) electrons. The summed E-state index contributed by atoms with van der Waals surface area (Å²) >= 11 is 0. The Morgan fingerprint density at radius 1 is 1.30 bits per heavy atom. The molecule has 1 aromatic heterocycles. The van der Waals surface area contributed by atoms with E-state index < -0.39 is 0 Å². The summed E-state index contributed by atoms with van der Waals surface area (Å²) in [6.45, 7) is 2.29. The summed E-state index contributed by atoms with van der Waals surface area (Å²) in [5.41, 5.74) is 0.718. The van der Waals surface area contributed by atoms with E-state index in [1.54, 1.807) is 24.0 Å². The van der Waals surface area contributed by atoms with Gasteiger partial charge in [-0.1, -0.05) is 0 Å². The summed E-state index contributed by atoms with van der Waals surface area (Å²) in [6.07, 6.45) is 4.10. The molecule has 108 valence electrons. The summed E-state index contributed by atoms with van der Waals surface area (Å²) in [7, 11) is 3.65. The Morgan fingerprint density at radius 2 is 2.00 bits per heavy atom. The number of hydrogen-bond donors (Lipinski definition) is 0. The lowest BCUT2D eigenvalue weighted by Crippen LogP contribution is -2.44. The fraction of sp³-hybridized carbons (Fsp3) is 0.643. The molecule has 6 nitrogen and oxygen atoms in total. The lowest BCUT2D eigenvalue weighted by atomic mass is 9.77. The highest BCUT2D eigenvalue weighted by Gasteiger charge is 2.44. The van der Waals surface area contributed by atoms with Crippen LogP contribution in [0, 0.1) is 5.41 Å². The van der Waals surface area contributed by atoms with Gasteiger partial charge >= 0.3 is 0 Å². The second kappa shape index (κ2) is 4.61. The molecule has 2 fully saturated rings. The summed E-state index contributed by atoms with van der Waals surface area (Å²) in [5, 5.41) is 4.04. The molecule has 6 heteroatoms. The molecule has 2 amide bonds. The van der Waals surface area contributed by atoms with Crippen molar-refractivity contribution in [3.8, 4) is 0 Å². The van der Waals surface area contributed by atoms with Crippen molar-refractivity contribution < 1.29 is 9.59 Å². The van der Waals surface area contributed by atoms with Crippen LogP contribution >= 0.6 is 0 Å². The Balaban J connectivity index is 1.66. The first-order valence-electron chi connectivity index (χ1n) is 7.02. The summed E-state index contributed by atoms with van der Waals surface area (Å²) in [5.74, 6) is 0.272. The molecule has 0 saturated carbocycles. The van der Waals surface area contributed by atoms with Crippen LogP contribution in [0.3, 0.4) is 0 Å². The molecule has 0 bridgehead atoms. The Morgan fingerprint density at radius 3 is 2.50 bits per heavy atom. The van der Waals surface area contributed by atoms with Gasteiger partial charge in [-0.25, -0.2) is 0 Å². The Kier molecular flexibility index (Phi) is 3.03. The highest BCUT2D eigenvalue weighted by molar-refractivity contribution is 5.92. The van der Waals surface area contributed by atoms with E-state index in [1.807, 2.05) is 16.8 Å². The van der Waals surface area contributed by atoms with Gasteiger partial charge in [0, 0.05) is 51.8 Å². The zero-order valence-corrected chi connectivity index (χ0v) is 12.0. The van der Waals surface area contributed by atoms with E-state index in [2.05, 4.69) is 5.10 Å². The molecular weight excluding hydrogens is 256 g/mol. The van der Waals surface area contributed by atoms with E-state index in [1.165, 1.54) is 0 Å². The fourth-order valence-corrected chi connectivity index (χ4v) is 3.37. The zero-order valence-electron chi connectivity index (χ0n) is 12.0. The van der Waals surface area contributed by atoms with Crippen LogP contribution < -0.4 is 0 Å². The van der Waals surface area contributed by atoms with E-state index in [-0.39, 0.29) is 17.2 Å². The molecule has 0 atom stereocenters. The first kappa shape index (κ1) is 13.1. The maximum absolute atomic E-state index is 12.4. The number of likely N-dealkylation sites (tertiary alicyclic amines) is 2. The van der Waals surface area contributed by atoms with E-state index in [0.29, 0.717) is 12.1 Å². The van der Waals surface area contributed by atoms with Crippen LogP contribution in [0.2, 0.25) is 0 Å². The van der Waals surface area contributed by atoms with Gasteiger partial charge in [0.2, 0.25) is 5.91 Å². The van der Waals surface area contributed by atoms with Crippen molar-refractivity contribution in [3.05, 3.63) is 18.0 Å². The number of hydrogen-bond acceptors (Lipinski definition) is 3. The molecule has 2 aliphatic rings. The smallest absolute Gasteiger partial charge is 0.272 e. The minimum absolute atomic E-state index is 0.0394. The number of carbonyl (C=O) groups excluding carboxylic acids is 2. The molecule has 20 heavy (non-hydrogen) atoms. The molecule has 2 aliphatic heterocycles. The standard InChI is InChI=1S/C14H20N4O2/c1-16-10-14(9-12(16)19)4-7-18(8-5-14)13(20)11-3-6-15-17(11)2/h3,6H,4-5,7-10H2,1-2H3. The number of aryl methyl sites for hydroxylation is 1. The minimum atomic E-state index is 0.0394. The quantitative estimate of drug-likeness (QED) is 0.750.